The van der Waals surface area contributed by atoms with Crippen molar-refractivity contribution in [3.05, 3.63) is 29.7 Å². The fourth-order valence-corrected chi connectivity index (χ4v) is 4.98. The Bertz CT molecular complexity index is 1050. The lowest BCUT2D eigenvalue weighted by molar-refractivity contribution is 0.0362. The molecule has 5 heterocycles. The smallest absolute Gasteiger partial charge is 0.160 e. The van der Waals surface area contributed by atoms with E-state index in [2.05, 4.69) is 39.2 Å². The van der Waals surface area contributed by atoms with Crippen LogP contribution in [0.4, 0.5) is 5.82 Å². The van der Waals surface area contributed by atoms with E-state index in [9.17, 15) is 0 Å². The molecule has 0 N–H and O–H groups in total. The van der Waals surface area contributed by atoms with Crippen LogP contribution in [0.2, 0.25) is 0 Å². The van der Waals surface area contributed by atoms with E-state index >= 15 is 0 Å². The third-order valence-electron chi connectivity index (χ3n) is 6.88. The summed E-state index contributed by atoms with van der Waals surface area (Å²) in [5.41, 5.74) is 4.06. The minimum atomic E-state index is 0.529. The quantitative estimate of drug-likeness (QED) is 0.629. The van der Waals surface area contributed by atoms with Crippen molar-refractivity contribution in [3.8, 4) is 11.5 Å². The number of piperidine rings is 1. The van der Waals surface area contributed by atoms with E-state index in [1.165, 1.54) is 37.1 Å². The predicted molar refractivity (Wildman–Crippen MR) is 122 cm³/mol. The molecule has 0 aliphatic carbocycles. The minimum Gasteiger partial charge on any atom is -0.379 e. The molecule has 2 fully saturated rings. The van der Waals surface area contributed by atoms with Gasteiger partial charge < -0.3 is 14.2 Å². The molecule has 3 aromatic heterocycles. The van der Waals surface area contributed by atoms with Crippen LogP contribution < -0.4 is 4.90 Å². The summed E-state index contributed by atoms with van der Waals surface area (Å²) in [6, 6.07) is 2.59. The van der Waals surface area contributed by atoms with Gasteiger partial charge in [-0.05, 0) is 39.5 Å². The van der Waals surface area contributed by atoms with Crippen molar-refractivity contribution in [2.75, 3.05) is 44.3 Å². The molecule has 0 unspecified atom stereocenters. The summed E-state index contributed by atoms with van der Waals surface area (Å²) in [6.45, 7) is 10.3. The fourth-order valence-electron chi connectivity index (χ4n) is 4.98. The zero-order valence-electron chi connectivity index (χ0n) is 18.9. The lowest BCUT2D eigenvalue weighted by Crippen LogP contribution is -2.45. The van der Waals surface area contributed by atoms with E-state index in [1.807, 2.05) is 24.0 Å². The van der Waals surface area contributed by atoms with Gasteiger partial charge in [0.2, 0.25) is 0 Å². The van der Waals surface area contributed by atoms with Crippen LogP contribution >= 0.6 is 0 Å². The molecule has 5 rings (SSSR count). The Morgan fingerprint density at radius 1 is 1.13 bits per heavy atom. The zero-order chi connectivity index (χ0) is 21.4. The topological polar surface area (TPSA) is 63.7 Å². The number of rotatable bonds is 5. The molecule has 3 aromatic rings. The van der Waals surface area contributed by atoms with Crippen LogP contribution in [0.25, 0.3) is 17.2 Å². The van der Waals surface area contributed by atoms with Crippen molar-refractivity contribution < 1.29 is 4.74 Å². The van der Waals surface area contributed by atoms with E-state index in [4.69, 9.17) is 14.8 Å². The lowest BCUT2D eigenvalue weighted by Gasteiger charge is -2.39. The Labute approximate surface area is 183 Å². The van der Waals surface area contributed by atoms with Crippen molar-refractivity contribution in [3.63, 3.8) is 0 Å². The SMILES string of the molecule is Cc1nc2cc(-c3nccn3C)nn2c(N2CCCC[C@@H]2CCN2CCOCC2)c1C. The minimum absolute atomic E-state index is 0.529. The highest BCUT2D eigenvalue weighted by Gasteiger charge is 2.28. The van der Waals surface area contributed by atoms with Gasteiger partial charge in [-0.15, -0.1) is 0 Å². The number of aromatic nitrogens is 5. The van der Waals surface area contributed by atoms with Crippen LogP contribution in [-0.2, 0) is 11.8 Å². The molecular weight excluding hydrogens is 390 g/mol. The van der Waals surface area contributed by atoms with Gasteiger partial charge in [-0.3, -0.25) is 4.90 Å². The monoisotopic (exact) mass is 423 g/mol. The van der Waals surface area contributed by atoms with Crippen LogP contribution in [0.15, 0.2) is 18.5 Å². The maximum absolute atomic E-state index is 5.52. The van der Waals surface area contributed by atoms with E-state index in [0.29, 0.717) is 6.04 Å². The number of fused-ring (bicyclic) bond motifs is 1. The molecule has 0 amide bonds. The first-order chi connectivity index (χ1) is 15.1. The summed E-state index contributed by atoms with van der Waals surface area (Å²) in [5, 5.41) is 4.98. The summed E-state index contributed by atoms with van der Waals surface area (Å²) < 4.78 is 9.59. The van der Waals surface area contributed by atoms with Crippen molar-refractivity contribution in [2.45, 2.75) is 45.6 Å². The second-order valence-electron chi connectivity index (χ2n) is 8.89. The molecular formula is C23H33N7O. The number of aryl methyl sites for hydroxylation is 2. The Hall–Kier alpha value is -2.45. The van der Waals surface area contributed by atoms with Gasteiger partial charge in [-0.1, -0.05) is 0 Å². The summed E-state index contributed by atoms with van der Waals surface area (Å²) in [6.07, 6.45) is 8.71. The molecule has 2 aliphatic heterocycles. The third-order valence-corrected chi connectivity index (χ3v) is 6.88. The first-order valence-electron chi connectivity index (χ1n) is 11.5. The van der Waals surface area contributed by atoms with Crippen LogP contribution in [0.1, 0.15) is 36.9 Å². The molecule has 0 radical (unpaired) electrons. The van der Waals surface area contributed by atoms with Gasteiger partial charge in [0, 0.05) is 69.0 Å². The Kier molecular flexibility index (Phi) is 5.67. The number of nitrogens with zero attached hydrogens (tertiary/aromatic N) is 7. The number of hydrogen-bond donors (Lipinski definition) is 0. The van der Waals surface area contributed by atoms with E-state index < -0.39 is 0 Å². The fraction of sp³-hybridized carbons (Fsp3) is 0.609. The highest BCUT2D eigenvalue weighted by Crippen LogP contribution is 2.32. The molecule has 8 heteroatoms. The average Bonchev–Trinajstić information content (AvgIpc) is 3.40. The molecule has 0 spiro atoms. The molecule has 2 saturated heterocycles. The van der Waals surface area contributed by atoms with Crippen LogP contribution in [-0.4, -0.2) is 74.5 Å². The molecule has 2 aliphatic rings. The van der Waals surface area contributed by atoms with E-state index in [1.54, 1.807) is 0 Å². The first-order valence-corrected chi connectivity index (χ1v) is 11.5. The number of ether oxygens (including phenoxy) is 1. The Morgan fingerprint density at radius 3 is 2.74 bits per heavy atom. The van der Waals surface area contributed by atoms with Crippen molar-refractivity contribution in [1.29, 1.82) is 0 Å². The van der Waals surface area contributed by atoms with E-state index in [-0.39, 0.29) is 0 Å². The molecule has 0 aromatic carbocycles. The molecule has 166 valence electrons. The summed E-state index contributed by atoms with van der Waals surface area (Å²) in [7, 11) is 2.00. The van der Waals surface area contributed by atoms with Crippen molar-refractivity contribution in [1.82, 2.24) is 29.0 Å². The highest BCUT2D eigenvalue weighted by atomic mass is 16.5. The van der Waals surface area contributed by atoms with Crippen molar-refractivity contribution in [2.24, 2.45) is 7.05 Å². The molecule has 0 bridgehead atoms. The van der Waals surface area contributed by atoms with Gasteiger partial charge in [0.1, 0.15) is 11.5 Å². The van der Waals surface area contributed by atoms with Gasteiger partial charge in [0.15, 0.2) is 11.5 Å². The normalized spacial score (nSPS) is 20.6. The first kappa shape index (κ1) is 20.5. The standard InChI is InChI=1S/C23H33N7O/c1-17-18(2)25-21-16-20(22-24-8-11-27(22)3)26-30(21)23(17)29-9-5-4-6-19(29)7-10-28-12-14-31-15-13-28/h8,11,16,19H,4-7,9-10,12-15H2,1-3H3/t19-/m1/s1. The molecule has 31 heavy (non-hydrogen) atoms. The van der Waals surface area contributed by atoms with Crippen molar-refractivity contribution >= 4 is 11.5 Å². The number of hydrogen-bond acceptors (Lipinski definition) is 6. The average molecular weight is 424 g/mol. The number of morpholine rings is 1. The maximum Gasteiger partial charge on any atom is 0.160 e. The van der Waals surface area contributed by atoms with Crippen LogP contribution in [0.3, 0.4) is 0 Å². The predicted octanol–water partition coefficient (Wildman–Crippen LogP) is 2.83. The summed E-state index contributed by atoms with van der Waals surface area (Å²) >= 11 is 0. The van der Waals surface area contributed by atoms with E-state index in [0.717, 1.165) is 62.3 Å². The Balaban J connectivity index is 1.49. The summed E-state index contributed by atoms with van der Waals surface area (Å²) in [5.74, 6) is 2.07. The maximum atomic E-state index is 5.52. The number of imidazole rings is 1. The van der Waals surface area contributed by atoms with Crippen LogP contribution in [0, 0.1) is 13.8 Å². The van der Waals surface area contributed by atoms with Gasteiger partial charge >= 0.3 is 0 Å². The van der Waals surface area contributed by atoms with Crippen LogP contribution in [0.5, 0.6) is 0 Å². The Morgan fingerprint density at radius 2 is 1.97 bits per heavy atom. The van der Waals surface area contributed by atoms with Gasteiger partial charge in [-0.2, -0.15) is 9.61 Å². The zero-order valence-corrected chi connectivity index (χ0v) is 18.9. The second-order valence-corrected chi connectivity index (χ2v) is 8.89. The number of anilines is 1. The largest absolute Gasteiger partial charge is 0.379 e. The highest BCUT2D eigenvalue weighted by molar-refractivity contribution is 5.64. The summed E-state index contributed by atoms with van der Waals surface area (Å²) in [4.78, 5) is 14.5. The molecule has 1 atom stereocenters. The molecule has 8 nitrogen and oxygen atoms in total. The third kappa shape index (κ3) is 3.94. The van der Waals surface area contributed by atoms with Gasteiger partial charge in [0.25, 0.3) is 0 Å². The second kappa shape index (κ2) is 8.59. The van der Waals surface area contributed by atoms with Gasteiger partial charge in [-0.25, -0.2) is 9.97 Å². The van der Waals surface area contributed by atoms with Gasteiger partial charge in [0.05, 0.1) is 13.2 Å². The molecule has 0 saturated carbocycles. The lowest BCUT2D eigenvalue weighted by atomic mass is 9.98.